The molecule has 0 bridgehead atoms. The van der Waals surface area contributed by atoms with Gasteiger partial charge in [-0.05, 0) is 54.9 Å². The fraction of sp³-hybridized carbons (Fsp3) is 0.536. The van der Waals surface area contributed by atoms with E-state index in [2.05, 4.69) is 0 Å². The summed E-state index contributed by atoms with van der Waals surface area (Å²) in [5, 5.41) is 11.1. The maximum absolute atomic E-state index is 13.4. The molecular formula is C28H34N4O5. The van der Waals surface area contributed by atoms with Gasteiger partial charge in [0.05, 0.1) is 11.3 Å². The highest BCUT2D eigenvalue weighted by molar-refractivity contribution is 5.98. The summed E-state index contributed by atoms with van der Waals surface area (Å²) in [6.07, 6.45) is 6.79. The summed E-state index contributed by atoms with van der Waals surface area (Å²) in [4.78, 5) is 53.6. The molecule has 196 valence electrons. The molecule has 9 heteroatoms. The molecule has 37 heavy (non-hydrogen) atoms. The van der Waals surface area contributed by atoms with E-state index >= 15 is 0 Å². The van der Waals surface area contributed by atoms with Gasteiger partial charge in [0.25, 0.3) is 5.91 Å². The monoisotopic (exact) mass is 506 g/mol. The number of hydrogen-bond donors (Lipinski definition) is 0. The molecule has 1 spiro atoms. The average molecular weight is 507 g/mol. The molecule has 1 aliphatic carbocycles. The Hall–Kier alpha value is -3.49. The highest BCUT2D eigenvalue weighted by atomic mass is 16.6. The van der Waals surface area contributed by atoms with E-state index in [4.69, 9.17) is 0 Å². The van der Waals surface area contributed by atoms with E-state index in [0.717, 1.165) is 24.9 Å². The zero-order valence-corrected chi connectivity index (χ0v) is 21.3. The van der Waals surface area contributed by atoms with Gasteiger partial charge in [-0.25, -0.2) is 0 Å². The number of likely N-dealkylation sites (tertiary alicyclic amines) is 2. The molecule has 3 unspecified atom stereocenters. The van der Waals surface area contributed by atoms with Gasteiger partial charge in [0, 0.05) is 68.2 Å². The van der Waals surface area contributed by atoms with Crippen molar-refractivity contribution in [2.24, 2.45) is 23.2 Å². The predicted molar refractivity (Wildman–Crippen MR) is 137 cm³/mol. The summed E-state index contributed by atoms with van der Waals surface area (Å²) in [6.45, 7) is 4.16. The van der Waals surface area contributed by atoms with Crippen LogP contribution in [-0.4, -0.2) is 69.6 Å². The zero-order valence-electron chi connectivity index (χ0n) is 21.3. The van der Waals surface area contributed by atoms with Crippen molar-refractivity contribution in [3.63, 3.8) is 0 Å². The molecule has 0 radical (unpaired) electrons. The van der Waals surface area contributed by atoms with Crippen LogP contribution >= 0.6 is 0 Å². The molecule has 3 aliphatic rings. The molecule has 3 fully saturated rings. The maximum Gasteiger partial charge on any atom is 0.255 e. The van der Waals surface area contributed by atoms with Crippen LogP contribution in [0.3, 0.4) is 0 Å². The normalized spacial score (nSPS) is 25.1. The topological polar surface area (TPSA) is 106 Å². The number of aromatic nitrogens is 1. The first kappa shape index (κ1) is 25.2. The highest BCUT2D eigenvalue weighted by Gasteiger charge is 2.47. The van der Waals surface area contributed by atoms with Gasteiger partial charge in [-0.1, -0.05) is 19.1 Å². The number of carbonyl (C=O) groups is 3. The van der Waals surface area contributed by atoms with Crippen LogP contribution in [0.25, 0.3) is 5.69 Å². The van der Waals surface area contributed by atoms with Crippen molar-refractivity contribution in [3.05, 3.63) is 64.5 Å². The van der Waals surface area contributed by atoms with Crippen LogP contribution in [0.2, 0.25) is 0 Å². The van der Waals surface area contributed by atoms with Crippen LogP contribution in [0.5, 0.6) is 0 Å². The second kappa shape index (κ2) is 10.1. The first-order valence-electron chi connectivity index (χ1n) is 13.2. The summed E-state index contributed by atoms with van der Waals surface area (Å²) in [5.74, 6) is -1.05. The van der Waals surface area contributed by atoms with Gasteiger partial charge in [-0.15, -0.1) is 0 Å². The van der Waals surface area contributed by atoms with Crippen LogP contribution in [0.15, 0.2) is 48.8 Å². The molecule has 2 aromatic rings. The number of carbonyl (C=O) groups excluding carboxylic acids is 3. The number of benzene rings is 1. The van der Waals surface area contributed by atoms with Gasteiger partial charge in [-0.2, -0.15) is 0 Å². The molecule has 9 nitrogen and oxygen atoms in total. The molecular weight excluding hydrogens is 472 g/mol. The fourth-order valence-corrected chi connectivity index (χ4v) is 6.60. The van der Waals surface area contributed by atoms with Crippen molar-refractivity contribution >= 4 is 17.6 Å². The average Bonchev–Trinajstić information content (AvgIpc) is 3.61. The Labute approximate surface area is 216 Å². The minimum Gasteiger partial charge on any atom is -0.342 e. The Morgan fingerprint density at radius 3 is 2.35 bits per heavy atom. The predicted octanol–water partition coefficient (Wildman–Crippen LogP) is 3.44. The van der Waals surface area contributed by atoms with Gasteiger partial charge in [-0.3, -0.25) is 24.5 Å². The zero-order chi connectivity index (χ0) is 26.2. The van der Waals surface area contributed by atoms with Gasteiger partial charge in [0.15, 0.2) is 0 Å². The summed E-state index contributed by atoms with van der Waals surface area (Å²) in [7, 11) is 0. The third-order valence-electron chi connectivity index (χ3n) is 8.86. The van der Waals surface area contributed by atoms with Gasteiger partial charge >= 0.3 is 0 Å². The van der Waals surface area contributed by atoms with E-state index in [1.165, 1.54) is 0 Å². The summed E-state index contributed by atoms with van der Waals surface area (Å²) in [5.41, 5.74) is 1.53. The molecule has 2 aliphatic heterocycles. The largest absolute Gasteiger partial charge is 0.342 e. The molecule has 1 aromatic carbocycles. The lowest BCUT2D eigenvalue weighted by Crippen LogP contribution is -2.45. The van der Waals surface area contributed by atoms with Crippen LogP contribution in [0, 0.1) is 33.3 Å². The minimum atomic E-state index is -0.552. The molecule has 3 heterocycles. The molecule has 2 saturated heterocycles. The smallest absolute Gasteiger partial charge is 0.255 e. The number of para-hydroxylation sites is 1. The van der Waals surface area contributed by atoms with Crippen molar-refractivity contribution in [1.29, 1.82) is 0 Å². The molecule has 0 N–H and O–H groups in total. The van der Waals surface area contributed by atoms with Crippen LogP contribution in [-0.2, 0) is 9.59 Å². The van der Waals surface area contributed by atoms with E-state index in [0.29, 0.717) is 38.2 Å². The quantitative estimate of drug-likeness (QED) is 0.441. The first-order valence-corrected chi connectivity index (χ1v) is 13.2. The number of Topliss-reactive ketones (excluding diaryl/α,β-unsaturated/α-hetero) is 1. The minimum absolute atomic E-state index is 0.0143. The molecule has 1 aromatic heterocycles. The Balaban J connectivity index is 1.19. The van der Waals surface area contributed by atoms with E-state index < -0.39 is 5.92 Å². The number of nitrogens with zero attached hydrogens (tertiary/aromatic N) is 4. The number of rotatable bonds is 6. The Morgan fingerprint density at radius 1 is 1.03 bits per heavy atom. The third-order valence-corrected chi connectivity index (χ3v) is 8.86. The van der Waals surface area contributed by atoms with Crippen LogP contribution in [0.4, 0.5) is 0 Å². The van der Waals surface area contributed by atoms with E-state index in [-0.39, 0.29) is 52.7 Å². The van der Waals surface area contributed by atoms with Gasteiger partial charge in [0.2, 0.25) is 12.5 Å². The summed E-state index contributed by atoms with van der Waals surface area (Å²) >= 11 is 0. The van der Waals surface area contributed by atoms with Gasteiger partial charge in [0.1, 0.15) is 5.78 Å². The number of amides is 2. The van der Waals surface area contributed by atoms with E-state index in [1.54, 1.807) is 0 Å². The molecule has 2 amide bonds. The lowest BCUT2D eigenvalue weighted by atomic mass is 9.77. The Morgan fingerprint density at radius 2 is 1.68 bits per heavy atom. The van der Waals surface area contributed by atoms with Crippen molar-refractivity contribution in [2.75, 3.05) is 32.7 Å². The van der Waals surface area contributed by atoms with Crippen molar-refractivity contribution < 1.29 is 19.3 Å². The second-order valence-corrected chi connectivity index (χ2v) is 11.1. The lowest BCUT2D eigenvalue weighted by molar-refractivity contribution is -0.490. The number of piperidine rings is 1. The molecule has 3 atom stereocenters. The summed E-state index contributed by atoms with van der Waals surface area (Å²) in [6, 6.07) is 11.5. The van der Waals surface area contributed by atoms with Gasteiger partial charge < -0.3 is 14.4 Å². The second-order valence-electron chi connectivity index (χ2n) is 11.1. The highest BCUT2D eigenvalue weighted by Crippen LogP contribution is 2.42. The number of nitro groups is 1. The fourth-order valence-electron chi connectivity index (χ4n) is 6.60. The lowest BCUT2D eigenvalue weighted by Gasteiger charge is -2.39. The number of hydrogen-bond acceptors (Lipinski definition) is 5. The molecule has 5 rings (SSSR count). The Kier molecular flexibility index (Phi) is 6.88. The van der Waals surface area contributed by atoms with Crippen LogP contribution in [0.1, 0.15) is 49.4 Å². The van der Waals surface area contributed by atoms with E-state index in [1.807, 2.05) is 70.1 Å². The maximum atomic E-state index is 13.4. The standard InChI is InChI=1S/C28H34N4O5/c1-20-16-25(33)22(23(20)18-32(36)37)17-26(34)31-15-10-28(19-31)8-13-30(14-9-28)27(35)21-6-2-3-7-24(21)29-11-4-5-12-29/h2-7,11-12,20,22-23H,8-10,13-19H2,1H3. The third kappa shape index (κ3) is 5.04. The van der Waals surface area contributed by atoms with Crippen molar-refractivity contribution in [1.82, 2.24) is 14.4 Å². The SMILES string of the molecule is CC1CC(=O)C(CC(=O)N2CCC3(CCN(C(=O)c4ccccc4-n4cccc4)CC3)C2)C1C[N+](=O)[O-]. The molecule has 1 saturated carbocycles. The van der Waals surface area contributed by atoms with E-state index in [9.17, 15) is 24.5 Å². The first-order chi connectivity index (χ1) is 17.8. The Bertz CT molecular complexity index is 1180. The number of ketones is 1. The van der Waals surface area contributed by atoms with Crippen LogP contribution < -0.4 is 0 Å². The van der Waals surface area contributed by atoms with Crippen molar-refractivity contribution in [2.45, 2.75) is 39.0 Å². The summed E-state index contributed by atoms with van der Waals surface area (Å²) < 4.78 is 1.95. The van der Waals surface area contributed by atoms with Crippen molar-refractivity contribution in [3.8, 4) is 5.69 Å².